The number of furan rings is 1. The van der Waals surface area contributed by atoms with Gasteiger partial charge in [-0.1, -0.05) is 19.1 Å². The first-order valence-corrected chi connectivity index (χ1v) is 5.90. The van der Waals surface area contributed by atoms with Crippen LogP contribution in [0.3, 0.4) is 0 Å². The molecule has 1 unspecified atom stereocenters. The standard InChI is InChI=1S/C12H18N2O2S/c1-4-12(2,10(13)17)11(15)14(3)8-9-6-5-7-16-9/h5-7H,4,8H2,1-3H3,(H2,13,17). The van der Waals surface area contributed by atoms with Gasteiger partial charge in [0.2, 0.25) is 5.91 Å². The van der Waals surface area contributed by atoms with Gasteiger partial charge in [-0.3, -0.25) is 4.79 Å². The predicted octanol–water partition coefficient (Wildman–Crippen LogP) is 1.94. The van der Waals surface area contributed by atoms with Gasteiger partial charge in [-0.2, -0.15) is 0 Å². The Morgan fingerprint density at radius 2 is 2.29 bits per heavy atom. The lowest BCUT2D eigenvalue weighted by Crippen LogP contribution is -2.46. The Morgan fingerprint density at radius 3 is 2.71 bits per heavy atom. The second-order valence-corrected chi connectivity index (χ2v) is 4.73. The lowest BCUT2D eigenvalue weighted by molar-refractivity contribution is -0.137. The van der Waals surface area contributed by atoms with Gasteiger partial charge in [0.05, 0.1) is 23.2 Å². The van der Waals surface area contributed by atoms with Crippen molar-refractivity contribution in [3.05, 3.63) is 24.2 Å². The maximum atomic E-state index is 12.3. The second-order valence-electron chi connectivity index (χ2n) is 4.29. The van der Waals surface area contributed by atoms with Crippen molar-refractivity contribution in [3.8, 4) is 0 Å². The highest BCUT2D eigenvalue weighted by Crippen LogP contribution is 2.25. The SMILES string of the molecule is CCC(C)(C(=O)N(C)Cc1ccco1)C(N)=S. The number of carbonyl (C=O) groups excluding carboxylic acids is 1. The van der Waals surface area contributed by atoms with E-state index < -0.39 is 5.41 Å². The van der Waals surface area contributed by atoms with E-state index in [1.807, 2.05) is 13.0 Å². The average molecular weight is 254 g/mol. The predicted molar refractivity (Wildman–Crippen MR) is 70.4 cm³/mol. The van der Waals surface area contributed by atoms with Gasteiger partial charge >= 0.3 is 0 Å². The summed E-state index contributed by atoms with van der Waals surface area (Å²) < 4.78 is 5.20. The van der Waals surface area contributed by atoms with Gasteiger partial charge in [0.1, 0.15) is 5.76 Å². The summed E-state index contributed by atoms with van der Waals surface area (Å²) in [7, 11) is 1.72. The zero-order valence-electron chi connectivity index (χ0n) is 10.4. The number of nitrogens with zero attached hydrogens (tertiary/aromatic N) is 1. The van der Waals surface area contributed by atoms with Crippen LogP contribution in [-0.2, 0) is 11.3 Å². The number of rotatable bonds is 5. The Bertz CT molecular complexity index is 403. The third-order valence-corrected chi connectivity index (χ3v) is 3.49. The van der Waals surface area contributed by atoms with Gasteiger partial charge in [-0.25, -0.2) is 0 Å². The fourth-order valence-electron chi connectivity index (χ4n) is 1.56. The summed E-state index contributed by atoms with van der Waals surface area (Å²) in [6.45, 7) is 4.10. The molecule has 0 bridgehead atoms. The van der Waals surface area contributed by atoms with Crippen LogP contribution >= 0.6 is 12.2 Å². The van der Waals surface area contributed by atoms with Crippen LogP contribution in [0.15, 0.2) is 22.8 Å². The number of nitrogens with two attached hydrogens (primary N) is 1. The van der Waals surface area contributed by atoms with E-state index in [2.05, 4.69) is 0 Å². The Balaban J connectivity index is 2.78. The number of hydrogen-bond acceptors (Lipinski definition) is 3. The first-order chi connectivity index (χ1) is 7.91. The summed E-state index contributed by atoms with van der Waals surface area (Å²) in [4.78, 5) is 14.1. The molecule has 0 aromatic carbocycles. The highest BCUT2D eigenvalue weighted by molar-refractivity contribution is 7.80. The number of hydrogen-bond donors (Lipinski definition) is 1. The van der Waals surface area contributed by atoms with Gasteiger partial charge in [0, 0.05) is 7.05 Å². The molecule has 0 saturated heterocycles. The van der Waals surface area contributed by atoms with E-state index in [9.17, 15) is 4.79 Å². The molecule has 1 aromatic rings. The Labute approximate surface area is 107 Å². The summed E-state index contributed by atoms with van der Waals surface area (Å²) in [5.74, 6) is 0.658. The Kier molecular flexibility index (Phi) is 4.28. The molecule has 2 N–H and O–H groups in total. The van der Waals surface area contributed by atoms with Crippen molar-refractivity contribution in [1.29, 1.82) is 0 Å². The third-order valence-electron chi connectivity index (χ3n) is 3.04. The molecule has 1 rings (SSSR count). The molecule has 0 aliphatic rings. The van der Waals surface area contributed by atoms with Crippen molar-refractivity contribution < 1.29 is 9.21 Å². The van der Waals surface area contributed by atoms with Gasteiger partial charge < -0.3 is 15.1 Å². The average Bonchev–Trinajstić information content (AvgIpc) is 2.79. The zero-order chi connectivity index (χ0) is 13.1. The van der Waals surface area contributed by atoms with Crippen molar-refractivity contribution in [2.45, 2.75) is 26.8 Å². The maximum Gasteiger partial charge on any atom is 0.235 e. The topological polar surface area (TPSA) is 59.5 Å². The summed E-state index contributed by atoms with van der Waals surface area (Å²) in [5.41, 5.74) is 4.87. The van der Waals surface area contributed by atoms with Crippen molar-refractivity contribution in [1.82, 2.24) is 4.90 Å². The molecule has 1 amide bonds. The largest absolute Gasteiger partial charge is 0.467 e. The van der Waals surface area contributed by atoms with E-state index in [0.717, 1.165) is 5.76 Å². The van der Waals surface area contributed by atoms with Crippen LogP contribution in [0.2, 0.25) is 0 Å². The van der Waals surface area contributed by atoms with Crippen LogP contribution in [0.5, 0.6) is 0 Å². The molecule has 0 aliphatic carbocycles. The number of amides is 1. The Morgan fingerprint density at radius 1 is 1.65 bits per heavy atom. The van der Waals surface area contributed by atoms with E-state index in [1.54, 1.807) is 31.2 Å². The van der Waals surface area contributed by atoms with Crippen LogP contribution in [0.25, 0.3) is 0 Å². The molecule has 94 valence electrons. The minimum atomic E-state index is -0.781. The van der Waals surface area contributed by atoms with Crippen LogP contribution in [-0.4, -0.2) is 22.8 Å². The minimum absolute atomic E-state index is 0.0797. The van der Waals surface area contributed by atoms with Crippen molar-refractivity contribution in [2.75, 3.05) is 7.05 Å². The first kappa shape index (κ1) is 13.7. The van der Waals surface area contributed by atoms with Gasteiger partial charge in [0.25, 0.3) is 0 Å². The summed E-state index contributed by atoms with van der Waals surface area (Å²) >= 11 is 4.98. The fourth-order valence-corrected chi connectivity index (χ4v) is 1.79. The molecular formula is C12H18N2O2S. The van der Waals surface area contributed by atoms with Gasteiger partial charge in [-0.15, -0.1) is 0 Å². The number of thiocarbonyl (C=S) groups is 1. The van der Waals surface area contributed by atoms with E-state index >= 15 is 0 Å². The van der Waals surface area contributed by atoms with Crippen LogP contribution in [0, 0.1) is 5.41 Å². The molecule has 1 heterocycles. The second kappa shape index (κ2) is 5.31. The molecular weight excluding hydrogens is 236 g/mol. The third kappa shape index (κ3) is 2.85. The minimum Gasteiger partial charge on any atom is -0.467 e. The molecule has 0 fully saturated rings. The van der Waals surface area contributed by atoms with Crippen LogP contribution < -0.4 is 5.73 Å². The van der Waals surface area contributed by atoms with Gasteiger partial charge in [-0.05, 0) is 25.5 Å². The highest BCUT2D eigenvalue weighted by Gasteiger charge is 2.36. The van der Waals surface area contributed by atoms with E-state index in [1.165, 1.54) is 0 Å². The lowest BCUT2D eigenvalue weighted by atomic mass is 9.86. The molecule has 5 heteroatoms. The maximum absolute atomic E-state index is 12.3. The quantitative estimate of drug-likeness (QED) is 0.816. The molecule has 1 atom stereocenters. The van der Waals surface area contributed by atoms with E-state index in [0.29, 0.717) is 13.0 Å². The van der Waals surface area contributed by atoms with E-state index in [-0.39, 0.29) is 10.9 Å². The van der Waals surface area contributed by atoms with Gasteiger partial charge in [0.15, 0.2) is 0 Å². The fraction of sp³-hybridized carbons (Fsp3) is 0.500. The molecule has 17 heavy (non-hydrogen) atoms. The molecule has 0 spiro atoms. The van der Waals surface area contributed by atoms with Crippen LogP contribution in [0.1, 0.15) is 26.0 Å². The molecule has 1 aromatic heterocycles. The smallest absolute Gasteiger partial charge is 0.235 e. The monoisotopic (exact) mass is 254 g/mol. The summed E-state index contributed by atoms with van der Waals surface area (Å²) in [6.07, 6.45) is 2.17. The molecule has 0 aliphatic heterocycles. The van der Waals surface area contributed by atoms with E-state index in [4.69, 9.17) is 22.4 Å². The van der Waals surface area contributed by atoms with Crippen LogP contribution in [0.4, 0.5) is 0 Å². The van der Waals surface area contributed by atoms with Crippen molar-refractivity contribution in [2.24, 2.45) is 11.1 Å². The molecule has 0 saturated carbocycles. The highest BCUT2D eigenvalue weighted by atomic mass is 32.1. The number of carbonyl (C=O) groups is 1. The lowest BCUT2D eigenvalue weighted by Gasteiger charge is -2.30. The zero-order valence-corrected chi connectivity index (χ0v) is 11.2. The Hall–Kier alpha value is -1.36. The van der Waals surface area contributed by atoms with Crippen molar-refractivity contribution >= 4 is 23.1 Å². The molecule has 4 nitrogen and oxygen atoms in total. The first-order valence-electron chi connectivity index (χ1n) is 5.49. The summed E-state index contributed by atoms with van der Waals surface area (Å²) in [6, 6.07) is 3.62. The summed E-state index contributed by atoms with van der Waals surface area (Å²) in [5, 5.41) is 0. The van der Waals surface area contributed by atoms with Crippen molar-refractivity contribution in [3.63, 3.8) is 0 Å². The normalized spacial score (nSPS) is 14.1. The molecule has 0 radical (unpaired) electrons.